The number of carboxylic acids is 1. The highest BCUT2D eigenvalue weighted by Gasteiger charge is 2.15. The molecule has 1 atom stereocenters. The number of amides is 1. The van der Waals surface area contributed by atoms with Crippen LogP contribution >= 0.6 is 11.3 Å². The number of thiophene rings is 1. The highest BCUT2D eigenvalue weighted by Crippen LogP contribution is 2.17. The molecule has 0 fully saturated rings. The van der Waals surface area contributed by atoms with Crippen molar-refractivity contribution in [3.63, 3.8) is 0 Å². The van der Waals surface area contributed by atoms with E-state index in [4.69, 9.17) is 5.11 Å². The van der Waals surface area contributed by atoms with Crippen molar-refractivity contribution in [1.29, 1.82) is 0 Å². The molecule has 110 valence electrons. The minimum Gasteiger partial charge on any atom is -0.477 e. The second-order valence-corrected chi connectivity index (χ2v) is 6.06. The van der Waals surface area contributed by atoms with E-state index in [1.807, 2.05) is 38.1 Å². The Hall–Kier alpha value is -2.14. The number of benzene rings is 1. The number of hydrogen-bond acceptors (Lipinski definition) is 3. The highest BCUT2D eigenvalue weighted by atomic mass is 32.1. The summed E-state index contributed by atoms with van der Waals surface area (Å²) in [7, 11) is 0. The molecule has 0 spiro atoms. The SMILES string of the molecule is Cc1ccccc1CC(C)NC(=O)c1ccc(C(=O)O)s1. The van der Waals surface area contributed by atoms with Crippen molar-refractivity contribution in [2.75, 3.05) is 0 Å². The standard InChI is InChI=1S/C16H17NO3S/c1-10-5-3-4-6-12(10)9-11(2)17-15(18)13-7-8-14(21-13)16(19)20/h3-8,11H,9H2,1-2H3,(H,17,18)(H,19,20). The molecular formula is C16H17NO3S. The summed E-state index contributed by atoms with van der Waals surface area (Å²) < 4.78 is 0. The van der Waals surface area contributed by atoms with Crippen molar-refractivity contribution >= 4 is 23.2 Å². The number of aromatic carboxylic acids is 1. The van der Waals surface area contributed by atoms with Crippen LogP contribution in [0.3, 0.4) is 0 Å². The molecule has 0 aliphatic carbocycles. The van der Waals surface area contributed by atoms with Crippen LogP contribution in [0.1, 0.15) is 37.4 Å². The summed E-state index contributed by atoms with van der Waals surface area (Å²) in [6.07, 6.45) is 0.746. The van der Waals surface area contributed by atoms with Gasteiger partial charge in [-0.3, -0.25) is 4.79 Å². The van der Waals surface area contributed by atoms with Crippen LogP contribution in [0.2, 0.25) is 0 Å². The van der Waals surface area contributed by atoms with E-state index in [0.717, 1.165) is 17.8 Å². The summed E-state index contributed by atoms with van der Waals surface area (Å²) in [5, 5.41) is 11.8. The quantitative estimate of drug-likeness (QED) is 0.892. The Morgan fingerprint density at radius 2 is 1.86 bits per heavy atom. The molecule has 0 bridgehead atoms. The van der Waals surface area contributed by atoms with Crippen LogP contribution in [0.5, 0.6) is 0 Å². The lowest BCUT2D eigenvalue weighted by atomic mass is 10.0. The molecule has 2 aromatic rings. The van der Waals surface area contributed by atoms with Gasteiger partial charge in [0.05, 0.1) is 4.88 Å². The molecule has 0 saturated heterocycles. The number of carboxylic acid groups (broad SMARTS) is 1. The maximum absolute atomic E-state index is 12.1. The van der Waals surface area contributed by atoms with Gasteiger partial charge in [0.15, 0.2) is 0 Å². The zero-order valence-corrected chi connectivity index (χ0v) is 12.7. The third kappa shape index (κ3) is 3.92. The molecule has 5 heteroatoms. The van der Waals surface area contributed by atoms with Crippen LogP contribution < -0.4 is 5.32 Å². The minimum atomic E-state index is -1.01. The monoisotopic (exact) mass is 303 g/mol. The molecule has 4 nitrogen and oxygen atoms in total. The average molecular weight is 303 g/mol. The smallest absolute Gasteiger partial charge is 0.345 e. The molecular weight excluding hydrogens is 286 g/mol. The topological polar surface area (TPSA) is 66.4 Å². The summed E-state index contributed by atoms with van der Waals surface area (Å²) in [4.78, 5) is 23.5. The van der Waals surface area contributed by atoms with Gasteiger partial charge in [0.2, 0.25) is 0 Å². The Morgan fingerprint density at radius 1 is 1.19 bits per heavy atom. The van der Waals surface area contributed by atoms with Gasteiger partial charge in [0.1, 0.15) is 4.88 Å². The molecule has 0 aliphatic rings. The first-order valence-corrected chi connectivity index (χ1v) is 7.47. The van der Waals surface area contributed by atoms with Crippen LogP contribution in [0.25, 0.3) is 0 Å². The van der Waals surface area contributed by atoms with E-state index in [2.05, 4.69) is 5.32 Å². The highest BCUT2D eigenvalue weighted by molar-refractivity contribution is 7.15. The second-order valence-electron chi connectivity index (χ2n) is 4.97. The molecule has 0 saturated carbocycles. The predicted molar refractivity (Wildman–Crippen MR) is 83.1 cm³/mol. The van der Waals surface area contributed by atoms with Crippen molar-refractivity contribution in [3.05, 3.63) is 57.3 Å². The largest absolute Gasteiger partial charge is 0.477 e. The summed E-state index contributed by atoms with van der Waals surface area (Å²) in [5.41, 5.74) is 2.39. The van der Waals surface area contributed by atoms with Crippen LogP contribution in [0.15, 0.2) is 36.4 Å². The molecule has 2 rings (SSSR count). The van der Waals surface area contributed by atoms with Crippen molar-refractivity contribution < 1.29 is 14.7 Å². The molecule has 1 heterocycles. The summed E-state index contributed by atoms with van der Waals surface area (Å²) in [6.45, 7) is 3.98. The van der Waals surface area contributed by atoms with E-state index >= 15 is 0 Å². The van der Waals surface area contributed by atoms with Gasteiger partial charge < -0.3 is 10.4 Å². The molecule has 1 unspecified atom stereocenters. The maximum atomic E-state index is 12.1. The summed E-state index contributed by atoms with van der Waals surface area (Å²) in [5.74, 6) is -1.24. The number of carbonyl (C=O) groups excluding carboxylic acids is 1. The van der Waals surface area contributed by atoms with Gasteiger partial charge >= 0.3 is 5.97 Å². The van der Waals surface area contributed by atoms with E-state index in [9.17, 15) is 9.59 Å². The minimum absolute atomic E-state index is 0.0195. The number of carbonyl (C=O) groups is 2. The Morgan fingerprint density at radius 3 is 2.48 bits per heavy atom. The lowest BCUT2D eigenvalue weighted by molar-refractivity contribution is 0.0702. The zero-order chi connectivity index (χ0) is 15.4. The van der Waals surface area contributed by atoms with Crippen molar-refractivity contribution in [3.8, 4) is 0 Å². The molecule has 0 radical (unpaired) electrons. The predicted octanol–water partition coefficient (Wildman–Crippen LogP) is 3.12. The molecule has 1 amide bonds. The van der Waals surface area contributed by atoms with Gasteiger partial charge in [-0.1, -0.05) is 24.3 Å². The number of aryl methyl sites for hydroxylation is 1. The Kier molecular flexibility index (Phi) is 4.75. The van der Waals surface area contributed by atoms with E-state index in [1.165, 1.54) is 17.2 Å². The first-order chi connectivity index (χ1) is 9.97. The van der Waals surface area contributed by atoms with Gasteiger partial charge in [-0.25, -0.2) is 4.79 Å². The summed E-state index contributed by atoms with van der Waals surface area (Å²) >= 11 is 0.989. The normalized spacial score (nSPS) is 11.9. The summed E-state index contributed by atoms with van der Waals surface area (Å²) in [6, 6.07) is 11.0. The molecule has 2 N–H and O–H groups in total. The van der Waals surface area contributed by atoms with Crippen LogP contribution in [0, 0.1) is 6.92 Å². The third-order valence-electron chi connectivity index (χ3n) is 3.21. The van der Waals surface area contributed by atoms with Crippen molar-refractivity contribution in [2.45, 2.75) is 26.3 Å². The number of rotatable bonds is 5. The number of nitrogens with one attached hydrogen (secondary N) is 1. The van der Waals surface area contributed by atoms with Crippen molar-refractivity contribution in [2.24, 2.45) is 0 Å². The zero-order valence-electron chi connectivity index (χ0n) is 11.9. The van der Waals surface area contributed by atoms with Gasteiger partial charge in [-0.15, -0.1) is 11.3 Å². The Labute approximate surface area is 127 Å². The molecule has 1 aromatic heterocycles. The van der Waals surface area contributed by atoms with Gasteiger partial charge in [-0.2, -0.15) is 0 Å². The average Bonchev–Trinajstić information content (AvgIpc) is 2.91. The molecule has 0 aliphatic heterocycles. The molecule has 21 heavy (non-hydrogen) atoms. The van der Waals surface area contributed by atoms with E-state index in [0.29, 0.717) is 4.88 Å². The second kappa shape index (κ2) is 6.54. The Bertz CT molecular complexity index is 663. The van der Waals surface area contributed by atoms with Crippen LogP contribution in [0.4, 0.5) is 0 Å². The van der Waals surface area contributed by atoms with Crippen molar-refractivity contribution in [1.82, 2.24) is 5.32 Å². The lowest BCUT2D eigenvalue weighted by Gasteiger charge is -2.14. The van der Waals surface area contributed by atoms with Gasteiger partial charge in [-0.05, 0) is 43.5 Å². The van der Waals surface area contributed by atoms with Gasteiger partial charge in [0.25, 0.3) is 5.91 Å². The fraction of sp³-hybridized carbons (Fsp3) is 0.250. The Balaban J connectivity index is 1.98. The van der Waals surface area contributed by atoms with Gasteiger partial charge in [0, 0.05) is 6.04 Å². The first kappa shape index (κ1) is 15.3. The first-order valence-electron chi connectivity index (χ1n) is 6.66. The number of hydrogen-bond donors (Lipinski definition) is 2. The lowest BCUT2D eigenvalue weighted by Crippen LogP contribution is -2.33. The molecule has 1 aromatic carbocycles. The van der Waals surface area contributed by atoms with E-state index in [-0.39, 0.29) is 16.8 Å². The maximum Gasteiger partial charge on any atom is 0.345 e. The van der Waals surface area contributed by atoms with Crippen LogP contribution in [-0.2, 0) is 6.42 Å². The van der Waals surface area contributed by atoms with Crippen LogP contribution in [-0.4, -0.2) is 23.0 Å². The fourth-order valence-electron chi connectivity index (χ4n) is 2.09. The van der Waals surface area contributed by atoms with E-state index < -0.39 is 5.97 Å². The van der Waals surface area contributed by atoms with E-state index in [1.54, 1.807) is 6.07 Å². The third-order valence-corrected chi connectivity index (χ3v) is 4.28. The fourth-order valence-corrected chi connectivity index (χ4v) is 2.84.